The van der Waals surface area contributed by atoms with E-state index in [1.807, 2.05) is 0 Å². The van der Waals surface area contributed by atoms with Gasteiger partial charge in [0.15, 0.2) is 0 Å². The Labute approximate surface area is 116 Å². The molecule has 0 radical (unpaired) electrons. The van der Waals surface area contributed by atoms with Crippen molar-refractivity contribution in [3.8, 4) is 0 Å². The fourth-order valence-electron chi connectivity index (χ4n) is 1.23. The van der Waals surface area contributed by atoms with E-state index in [2.05, 4.69) is 13.8 Å². The maximum Gasteiger partial charge on any atom is 0.308 e. The SMILES string of the molecule is CCOC(=O)CCOCCOCCOCC(C)CC. The third kappa shape index (κ3) is 13.6. The van der Waals surface area contributed by atoms with Crippen LogP contribution in [0.25, 0.3) is 0 Å². The molecule has 0 spiro atoms. The first-order valence-corrected chi connectivity index (χ1v) is 7.09. The Hall–Kier alpha value is -0.650. The van der Waals surface area contributed by atoms with Crippen LogP contribution >= 0.6 is 0 Å². The highest BCUT2D eigenvalue weighted by molar-refractivity contribution is 5.69. The maximum atomic E-state index is 11.0. The summed E-state index contributed by atoms with van der Waals surface area (Å²) in [5.74, 6) is 0.382. The summed E-state index contributed by atoms with van der Waals surface area (Å²) in [4.78, 5) is 11.0. The molecule has 0 rings (SSSR count). The largest absolute Gasteiger partial charge is 0.466 e. The second kappa shape index (κ2) is 13.8. The Morgan fingerprint density at radius 2 is 1.53 bits per heavy atom. The summed E-state index contributed by atoms with van der Waals surface area (Å²) >= 11 is 0. The zero-order valence-electron chi connectivity index (χ0n) is 12.5. The van der Waals surface area contributed by atoms with Gasteiger partial charge in [-0.25, -0.2) is 0 Å². The number of rotatable bonds is 13. The van der Waals surface area contributed by atoms with E-state index >= 15 is 0 Å². The van der Waals surface area contributed by atoms with Crippen LogP contribution < -0.4 is 0 Å². The van der Waals surface area contributed by atoms with E-state index in [0.29, 0.717) is 52.0 Å². The lowest BCUT2D eigenvalue weighted by Gasteiger charge is -2.09. The molecule has 0 aliphatic rings. The van der Waals surface area contributed by atoms with Crippen LogP contribution in [0.15, 0.2) is 0 Å². The van der Waals surface area contributed by atoms with Crippen LogP contribution in [-0.4, -0.2) is 52.2 Å². The summed E-state index contributed by atoms with van der Waals surface area (Å²) in [7, 11) is 0. The Balaban J connectivity index is 3.09. The van der Waals surface area contributed by atoms with E-state index in [9.17, 15) is 4.79 Å². The van der Waals surface area contributed by atoms with E-state index in [4.69, 9.17) is 18.9 Å². The van der Waals surface area contributed by atoms with Crippen LogP contribution in [-0.2, 0) is 23.7 Å². The van der Waals surface area contributed by atoms with E-state index < -0.39 is 0 Å². The van der Waals surface area contributed by atoms with Gasteiger partial charge in [-0.15, -0.1) is 0 Å². The normalized spacial score (nSPS) is 12.4. The molecule has 0 N–H and O–H groups in total. The van der Waals surface area contributed by atoms with Crippen molar-refractivity contribution in [2.24, 2.45) is 5.92 Å². The summed E-state index contributed by atoms with van der Waals surface area (Å²) in [6.45, 7) is 9.90. The molecule has 0 aromatic carbocycles. The molecule has 0 aromatic rings. The maximum absolute atomic E-state index is 11.0. The molecule has 114 valence electrons. The van der Waals surface area contributed by atoms with E-state index in [1.165, 1.54) is 0 Å². The van der Waals surface area contributed by atoms with Gasteiger partial charge in [0.05, 0.1) is 46.1 Å². The smallest absolute Gasteiger partial charge is 0.308 e. The van der Waals surface area contributed by atoms with Gasteiger partial charge in [-0.05, 0) is 12.8 Å². The second-order valence-electron chi connectivity index (χ2n) is 4.37. The number of carbonyl (C=O) groups excluding carboxylic acids is 1. The van der Waals surface area contributed by atoms with Gasteiger partial charge in [-0.1, -0.05) is 20.3 Å². The van der Waals surface area contributed by atoms with Crippen molar-refractivity contribution in [2.45, 2.75) is 33.6 Å². The molecule has 19 heavy (non-hydrogen) atoms. The first-order chi connectivity index (χ1) is 9.20. The van der Waals surface area contributed by atoms with Crippen molar-refractivity contribution in [1.82, 2.24) is 0 Å². The highest BCUT2D eigenvalue weighted by Gasteiger charge is 2.01. The van der Waals surface area contributed by atoms with Crippen LogP contribution in [0.4, 0.5) is 0 Å². The summed E-state index contributed by atoms with van der Waals surface area (Å²) in [6, 6.07) is 0. The summed E-state index contributed by atoms with van der Waals surface area (Å²) in [6.07, 6.45) is 1.43. The van der Waals surface area contributed by atoms with E-state index in [1.54, 1.807) is 6.92 Å². The van der Waals surface area contributed by atoms with Crippen LogP contribution in [0.2, 0.25) is 0 Å². The molecule has 5 nitrogen and oxygen atoms in total. The highest BCUT2D eigenvalue weighted by atomic mass is 16.5. The first kappa shape index (κ1) is 18.4. The molecule has 1 unspecified atom stereocenters. The van der Waals surface area contributed by atoms with Crippen molar-refractivity contribution in [2.75, 3.05) is 46.2 Å². The molecule has 0 amide bonds. The van der Waals surface area contributed by atoms with Crippen LogP contribution in [0.3, 0.4) is 0 Å². The van der Waals surface area contributed by atoms with Gasteiger partial charge in [0.1, 0.15) is 0 Å². The minimum absolute atomic E-state index is 0.220. The molecule has 0 heterocycles. The Morgan fingerprint density at radius 3 is 2.11 bits per heavy atom. The van der Waals surface area contributed by atoms with Crippen LogP contribution in [0.1, 0.15) is 33.6 Å². The second-order valence-corrected chi connectivity index (χ2v) is 4.37. The minimum Gasteiger partial charge on any atom is -0.466 e. The standard InChI is InChI=1S/C14H28O5/c1-4-13(3)12-18-11-10-17-9-8-16-7-6-14(15)19-5-2/h13H,4-12H2,1-3H3. The molecule has 0 saturated carbocycles. The highest BCUT2D eigenvalue weighted by Crippen LogP contribution is 1.99. The van der Waals surface area contributed by atoms with Crippen molar-refractivity contribution >= 4 is 5.97 Å². The number of carbonyl (C=O) groups is 1. The quantitative estimate of drug-likeness (QED) is 0.380. The van der Waals surface area contributed by atoms with Gasteiger partial charge in [0.2, 0.25) is 0 Å². The predicted molar refractivity (Wildman–Crippen MR) is 73.2 cm³/mol. The van der Waals surface area contributed by atoms with Crippen LogP contribution in [0, 0.1) is 5.92 Å². The topological polar surface area (TPSA) is 54.0 Å². The van der Waals surface area contributed by atoms with Crippen molar-refractivity contribution in [3.63, 3.8) is 0 Å². The van der Waals surface area contributed by atoms with Crippen molar-refractivity contribution in [1.29, 1.82) is 0 Å². The lowest BCUT2D eigenvalue weighted by atomic mass is 10.1. The molecule has 0 aromatic heterocycles. The fraction of sp³-hybridized carbons (Fsp3) is 0.929. The van der Waals surface area contributed by atoms with Crippen molar-refractivity contribution < 1.29 is 23.7 Å². The Bertz CT molecular complexity index is 208. The molecule has 0 fully saturated rings. The number of hydrogen-bond donors (Lipinski definition) is 0. The van der Waals surface area contributed by atoms with E-state index in [0.717, 1.165) is 13.0 Å². The van der Waals surface area contributed by atoms with Crippen molar-refractivity contribution in [3.05, 3.63) is 0 Å². The number of ether oxygens (including phenoxy) is 4. The minimum atomic E-state index is -0.220. The zero-order valence-corrected chi connectivity index (χ0v) is 12.5. The van der Waals surface area contributed by atoms with Gasteiger partial charge >= 0.3 is 5.97 Å². The average Bonchev–Trinajstić information content (AvgIpc) is 2.40. The van der Waals surface area contributed by atoms with Gasteiger partial charge in [-0.2, -0.15) is 0 Å². The fourth-order valence-corrected chi connectivity index (χ4v) is 1.23. The van der Waals surface area contributed by atoms with Gasteiger partial charge in [-0.3, -0.25) is 4.79 Å². The summed E-state index contributed by atoms with van der Waals surface area (Å²) < 4.78 is 20.8. The Kier molecular flexibility index (Phi) is 13.3. The average molecular weight is 276 g/mol. The van der Waals surface area contributed by atoms with Crippen LogP contribution in [0.5, 0.6) is 0 Å². The first-order valence-electron chi connectivity index (χ1n) is 7.09. The number of esters is 1. The molecule has 0 aliphatic heterocycles. The molecule has 5 heteroatoms. The molecular formula is C14H28O5. The molecule has 0 bridgehead atoms. The molecule has 0 aliphatic carbocycles. The molecule has 0 saturated heterocycles. The third-order valence-electron chi connectivity index (χ3n) is 2.60. The summed E-state index contributed by atoms with van der Waals surface area (Å²) in [5.41, 5.74) is 0. The zero-order chi connectivity index (χ0) is 14.3. The van der Waals surface area contributed by atoms with Gasteiger partial charge in [0, 0.05) is 6.61 Å². The third-order valence-corrected chi connectivity index (χ3v) is 2.60. The lowest BCUT2D eigenvalue weighted by Crippen LogP contribution is -2.13. The Morgan fingerprint density at radius 1 is 0.947 bits per heavy atom. The predicted octanol–water partition coefficient (Wildman–Crippen LogP) is 2.04. The van der Waals surface area contributed by atoms with E-state index in [-0.39, 0.29) is 5.97 Å². The lowest BCUT2D eigenvalue weighted by molar-refractivity contribution is -0.144. The molecular weight excluding hydrogens is 248 g/mol. The van der Waals surface area contributed by atoms with Gasteiger partial charge in [0.25, 0.3) is 0 Å². The monoisotopic (exact) mass is 276 g/mol. The summed E-state index contributed by atoms with van der Waals surface area (Å²) in [5, 5.41) is 0. The van der Waals surface area contributed by atoms with Gasteiger partial charge < -0.3 is 18.9 Å². The molecule has 1 atom stereocenters. The number of hydrogen-bond acceptors (Lipinski definition) is 5.